The Hall–Kier alpha value is -1.13. The van der Waals surface area contributed by atoms with Gasteiger partial charge in [0.2, 0.25) is 0 Å². The molecule has 0 amide bonds. The average Bonchev–Trinajstić information content (AvgIpc) is 2.31. The molecule has 1 unspecified atom stereocenters. The molecule has 0 aliphatic heterocycles. The molecule has 96 valence electrons. The van der Waals surface area contributed by atoms with Crippen LogP contribution in [-0.4, -0.2) is 32.0 Å². The Balaban J connectivity index is 4.97. The van der Waals surface area contributed by atoms with Crippen LogP contribution in [-0.2, 0) is 19.1 Å². The number of carbonyl (C=O) groups is 3. The predicted octanol–water partition coefficient (Wildman–Crippen LogP) is 0.791. The third kappa shape index (κ3) is 4.33. The van der Waals surface area contributed by atoms with E-state index in [0.717, 1.165) is 0 Å². The molecule has 0 aromatic heterocycles. The van der Waals surface area contributed by atoms with E-state index in [-0.39, 0.29) is 30.4 Å². The number of esters is 1. The van der Waals surface area contributed by atoms with Gasteiger partial charge in [-0.05, 0) is 26.1 Å². The quantitative estimate of drug-likeness (QED) is 0.357. The van der Waals surface area contributed by atoms with Gasteiger partial charge in [0.15, 0.2) is 11.7 Å². The van der Waals surface area contributed by atoms with E-state index in [1.165, 1.54) is 0 Å². The first-order chi connectivity index (χ1) is 8.03. The van der Waals surface area contributed by atoms with E-state index in [4.69, 9.17) is 4.74 Å². The van der Waals surface area contributed by atoms with Crippen molar-refractivity contribution in [2.75, 3.05) is 6.61 Å². The summed E-state index contributed by atoms with van der Waals surface area (Å²) in [6, 6.07) is 0. The molecule has 4 nitrogen and oxygen atoms in total. The van der Waals surface area contributed by atoms with Crippen molar-refractivity contribution in [1.29, 1.82) is 0 Å². The number of hydrogen-bond donors (Lipinski definition) is 0. The highest BCUT2D eigenvalue weighted by molar-refractivity contribution is 6.28. The molecule has 0 radical (unpaired) electrons. The van der Waals surface area contributed by atoms with Gasteiger partial charge in [-0.15, -0.1) is 0 Å². The van der Waals surface area contributed by atoms with Gasteiger partial charge in [0.1, 0.15) is 13.6 Å². The lowest BCUT2D eigenvalue weighted by Gasteiger charge is -2.18. The fourth-order valence-electron chi connectivity index (χ4n) is 1.76. The Labute approximate surface area is 104 Å². The van der Waals surface area contributed by atoms with Crippen molar-refractivity contribution in [1.82, 2.24) is 0 Å². The second-order valence-corrected chi connectivity index (χ2v) is 3.92. The summed E-state index contributed by atoms with van der Waals surface area (Å²) in [5, 5.41) is 0. The Morgan fingerprint density at radius 1 is 1.12 bits per heavy atom. The third-order valence-corrected chi connectivity index (χ3v) is 2.87. The molecule has 0 heterocycles. The maximum absolute atomic E-state index is 12.1. The zero-order valence-electron chi connectivity index (χ0n) is 11.1. The van der Waals surface area contributed by atoms with E-state index in [1.807, 2.05) is 13.8 Å². The van der Waals surface area contributed by atoms with Crippen LogP contribution in [0.2, 0.25) is 6.32 Å². The van der Waals surface area contributed by atoms with Gasteiger partial charge in [0.25, 0.3) is 0 Å². The van der Waals surface area contributed by atoms with Crippen LogP contribution in [0.25, 0.3) is 0 Å². The second kappa shape index (κ2) is 8.04. The minimum atomic E-state index is -1.22. The summed E-state index contributed by atoms with van der Waals surface area (Å²) in [5.41, 5.74) is 0. The molecule has 0 aliphatic carbocycles. The maximum atomic E-state index is 12.1. The molecule has 0 fully saturated rings. The number of ketones is 2. The monoisotopic (exact) mass is 240 g/mol. The van der Waals surface area contributed by atoms with Crippen LogP contribution in [0.15, 0.2) is 0 Å². The van der Waals surface area contributed by atoms with Gasteiger partial charge in [-0.1, -0.05) is 13.8 Å². The molecule has 0 saturated heterocycles. The Morgan fingerprint density at radius 3 is 2.00 bits per heavy atom. The fraction of sp³-hybridized carbons (Fsp3) is 0.750. The van der Waals surface area contributed by atoms with Crippen molar-refractivity contribution in [3.63, 3.8) is 0 Å². The summed E-state index contributed by atoms with van der Waals surface area (Å²) in [7, 11) is 1.65. The topological polar surface area (TPSA) is 60.4 Å². The van der Waals surface area contributed by atoms with Crippen LogP contribution >= 0.6 is 0 Å². The van der Waals surface area contributed by atoms with Gasteiger partial charge in [-0.25, -0.2) is 0 Å². The number of ether oxygens (including phenoxy) is 1. The van der Waals surface area contributed by atoms with Gasteiger partial charge >= 0.3 is 5.97 Å². The second-order valence-electron chi connectivity index (χ2n) is 3.92. The molecule has 17 heavy (non-hydrogen) atoms. The van der Waals surface area contributed by atoms with Crippen molar-refractivity contribution in [2.24, 2.45) is 11.8 Å². The summed E-state index contributed by atoms with van der Waals surface area (Å²) < 4.78 is 4.81. The lowest BCUT2D eigenvalue weighted by atomic mass is 9.82. The number of hydrogen-bond acceptors (Lipinski definition) is 4. The van der Waals surface area contributed by atoms with E-state index in [0.29, 0.717) is 12.8 Å². The van der Waals surface area contributed by atoms with E-state index < -0.39 is 11.9 Å². The van der Waals surface area contributed by atoms with E-state index in [9.17, 15) is 14.4 Å². The standard InChI is InChI=1S/C12H21BO4/c1-4-8(5-2)11(15)10(9(14)7-13)12(16)17-6-3/h8,10H,4-7,13H2,1-3H3. The van der Waals surface area contributed by atoms with Gasteiger partial charge in [0, 0.05) is 5.92 Å². The largest absolute Gasteiger partial charge is 0.465 e. The third-order valence-electron chi connectivity index (χ3n) is 2.87. The zero-order chi connectivity index (χ0) is 13.4. The normalized spacial score (nSPS) is 12.2. The van der Waals surface area contributed by atoms with Crippen LogP contribution in [0.3, 0.4) is 0 Å². The van der Waals surface area contributed by atoms with Crippen molar-refractivity contribution in [2.45, 2.75) is 39.9 Å². The molecular formula is C12H21BO4. The first-order valence-electron chi connectivity index (χ1n) is 6.26. The van der Waals surface area contributed by atoms with E-state index >= 15 is 0 Å². The molecule has 5 heteroatoms. The highest BCUT2D eigenvalue weighted by atomic mass is 16.5. The molecule has 0 rings (SSSR count). The van der Waals surface area contributed by atoms with Gasteiger partial charge in [-0.2, -0.15) is 0 Å². The van der Waals surface area contributed by atoms with Gasteiger partial charge in [-0.3, -0.25) is 14.4 Å². The highest BCUT2D eigenvalue weighted by Gasteiger charge is 2.36. The molecule has 0 bridgehead atoms. The van der Waals surface area contributed by atoms with Crippen molar-refractivity contribution < 1.29 is 19.1 Å². The summed E-state index contributed by atoms with van der Waals surface area (Å²) >= 11 is 0. The molecule has 1 atom stereocenters. The molecular weight excluding hydrogens is 219 g/mol. The minimum absolute atomic E-state index is 0.176. The van der Waals surface area contributed by atoms with Crippen molar-refractivity contribution >= 4 is 25.4 Å². The van der Waals surface area contributed by atoms with Crippen LogP contribution in [0, 0.1) is 11.8 Å². The smallest absolute Gasteiger partial charge is 0.324 e. The van der Waals surface area contributed by atoms with E-state index in [2.05, 4.69) is 0 Å². The van der Waals surface area contributed by atoms with Gasteiger partial charge < -0.3 is 4.74 Å². The number of Topliss-reactive ketones (excluding diaryl/α,β-unsaturated/α-hetero) is 2. The fourth-order valence-corrected chi connectivity index (χ4v) is 1.76. The zero-order valence-corrected chi connectivity index (χ0v) is 11.1. The summed E-state index contributed by atoms with van der Waals surface area (Å²) in [5.74, 6) is -2.79. The first kappa shape index (κ1) is 15.9. The van der Waals surface area contributed by atoms with Crippen molar-refractivity contribution in [3.05, 3.63) is 0 Å². The average molecular weight is 240 g/mol. The molecule has 0 saturated carbocycles. The Morgan fingerprint density at radius 2 is 1.65 bits per heavy atom. The summed E-state index contributed by atoms with van der Waals surface area (Å²) in [4.78, 5) is 35.4. The highest BCUT2D eigenvalue weighted by Crippen LogP contribution is 2.18. The van der Waals surface area contributed by atoms with E-state index in [1.54, 1.807) is 14.8 Å². The lowest BCUT2D eigenvalue weighted by Crippen LogP contribution is -2.37. The molecule has 0 aliphatic rings. The lowest BCUT2D eigenvalue weighted by molar-refractivity contribution is -0.155. The number of carbonyl (C=O) groups excluding carboxylic acids is 3. The summed E-state index contributed by atoms with van der Waals surface area (Å²) in [6.07, 6.45) is 1.46. The van der Waals surface area contributed by atoms with Crippen LogP contribution in [0.4, 0.5) is 0 Å². The van der Waals surface area contributed by atoms with Gasteiger partial charge in [0.05, 0.1) is 6.61 Å². The number of rotatable bonds is 8. The van der Waals surface area contributed by atoms with Crippen LogP contribution in [0.5, 0.6) is 0 Å². The molecule has 0 aromatic rings. The predicted molar refractivity (Wildman–Crippen MR) is 67.6 cm³/mol. The van der Waals surface area contributed by atoms with Crippen molar-refractivity contribution in [3.8, 4) is 0 Å². The summed E-state index contributed by atoms with van der Waals surface area (Å²) in [6.45, 7) is 5.60. The SMILES string of the molecule is BCC(=O)C(C(=O)OCC)C(=O)C(CC)CC. The molecule has 0 aromatic carbocycles. The first-order valence-corrected chi connectivity index (χ1v) is 6.26. The molecule has 0 spiro atoms. The Bertz CT molecular complexity index is 284. The minimum Gasteiger partial charge on any atom is -0.465 e. The van der Waals surface area contributed by atoms with Crippen LogP contribution in [0.1, 0.15) is 33.6 Å². The van der Waals surface area contributed by atoms with Crippen LogP contribution < -0.4 is 0 Å². The maximum Gasteiger partial charge on any atom is 0.324 e. The molecule has 0 N–H and O–H groups in total. The Kier molecular flexibility index (Phi) is 7.51.